The van der Waals surface area contributed by atoms with Gasteiger partial charge in [-0.2, -0.15) is 0 Å². The summed E-state index contributed by atoms with van der Waals surface area (Å²) in [4.78, 5) is 0. The summed E-state index contributed by atoms with van der Waals surface area (Å²) in [6, 6.07) is 21.2. The second-order valence-corrected chi connectivity index (χ2v) is 9.41. The van der Waals surface area contributed by atoms with Crippen LogP contribution >= 0.6 is 0 Å². The Balaban J connectivity index is 1.34. The van der Waals surface area contributed by atoms with Gasteiger partial charge in [0.05, 0.1) is 0 Å². The van der Waals surface area contributed by atoms with Crippen LogP contribution in [0.2, 0.25) is 0 Å². The van der Waals surface area contributed by atoms with Crippen molar-refractivity contribution >= 4 is 0 Å². The van der Waals surface area contributed by atoms with E-state index in [4.69, 9.17) is 0 Å². The van der Waals surface area contributed by atoms with Crippen molar-refractivity contribution in [3.8, 4) is 17.2 Å². The van der Waals surface area contributed by atoms with Crippen molar-refractivity contribution < 1.29 is 15.3 Å². The summed E-state index contributed by atoms with van der Waals surface area (Å²) in [5.41, 5.74) is 4.20. The molecule has 5 nitrogen and oxygen atoms in total. The Morgan fingerprint density at radius 2 is 1.34 bits per heavy atom. The standard InChI is InChI=1S/C30H40N2O3/c1-23(14-18-31-20-16-24-6-3-2-4-7-24)15-19-32-21-17-26-11-13-29(34)30(35)28(26)12-10-25-8-5-9-27(33)22-25/h2-9,11,13,22-23,31-35H,10,12,14-21H2,1H3. The zero-order chi connectivity index (χ0) is 24.9. The molecule has 1 unspecified atom stereocenters. The summed E-state index contributed by atoms with van der Waals surface area (Å²) in [5.74, 6) is 0.779. The van der Waals surface area contributed by atoms with Crippen LogP contribution in [0.4, 0.5) is 0 Å². The molecule has 0 fully saturated rings. The van der Waals surface area contributed by atoms with Crippen molar-refractivity contribution in [1.82, 2.24) is 10.6 Å². The zero-order valence-corrected chi connectivity index (χ0v) is 20.8. The minimum atomic E-state index is -0.0844. The summed E-state index contributed by atoms with van der Waals surface area (Å²) >= 11 is 0. The molecule has 1 atom stereocenters. The Kier molecular flexibility index (Phi) is 10.9. The first-order valence-corrected chi connectivity index (χ1v) is 12.8. The van der Waals surface area contributed by atoms with E-state index in [1.807, 2.05) is 18.2 Å². The molecule has 0 aromatic heterocycles. The lowest BCUT2D eigenvalue weighted by Gasteiger charge is -2.15. The van der Waals surface area contributed by atoms with Gasteiger partial charge < -0.3 is 26.0 Å². The van der Waals surface area contributed by atoms with Crippen molar-refractivity contribution in [2.24, 2.45) is 5.92 Å². The molecule has 35 heavy (non-hydrogen) atoms. The third-order valence-electron chi connectivity index (χ3n) is 6.56. The van der Waals surface area contributed by atoms with Gasteiger partial charge in [0.2, 0.25) is 0 Å². The first kappa shape index (κ1) is 26.6. The average Bonchev–Trinajstić information content (AvgIpc) is 2.86. The van der Waals surface area contributed by atoms with Crippen LogP contribution in [0.5, 0.6) is 17.2 Å². The number of nitrogens with one attached hydrogen (secondary N) is 2. The number of phenolic OH excluding ortho intramolecular Hbond substituents is 3. The molecule has 0 spiro atoms. The monoisotopic (exact) mass is 476 g/mol. The van der Waals surface area contributed by atoms with Crippen LogP contribution in [-0.2, 0) is 25.7 Å². The topological polar surface area (TPSA) is 84.8 Å². The smallest absolute Gasteiger partial charge is 0.160 e. The largest absolute Gasteiger partial charge is 0.508 e. The molecule has 0 radical (unpaired) electrons. The molecule has 0 bridgehead atoms. The molecule has 188 valence electrons. The van der Waals surface area contributed by atoms with Gasteiger partial charge in [-0.3, -0.25) is 0 Å². The number of aromatic hydroxyl groups is 3. The Hall–Kier alpha value is -3.02. The van der Waals surface area contributed by atoms with Gasteiger partial charge in [-0.1, -0.05) is 55.5 Å². The summed E-state index contributed by atoms with van der Waals surface area (Å²) in [5, 5.41) is 37.2. The first-order chi connectivity index (χ1) is 17.0. The number of hydrogen-bond donors (Lipinski definition) is 5. The van der Waals surface area contributed by atoms with Gasteiger partial charge in [0, 0.05) is 5.56 Å². The van der Waals surface area contributed by atoms with E-state index < -0.39 is 0 Å². The van der Waals surface area contributed by atoms with Crippen molar-refractivity contribution in [1.29, 1.82) is 0 Å². The van der Waals surface area contributed by atoms with Crippen LogP contribution in [0.15, 0.2) is 66.7 Å². The van der Waals surface area contributed by atoms with Crippen LogP contribution < -0.4 is 10.6 Å². The number of rotatable bonds is 15. The van der Waals surface area contributed by atoms with Gasteiger partial charge in [-0.05, 0) is 106 Å². The second-order valence-electron chi connectivity index (χ2n) is 9.41. The molecule has 5 N–H and O–H groups in total. The minimum absolute atomic E-state index is 0.0314. The molecular formula is C30H40N2O3. The minimum Gasteiger partial charge on any atom is -0.508 e. The number of hydrogen-bond acceptors (Lipinski definition) is 5. The van der Waals surface area contributed by atoms with Gasteiger partial charge in [-0.25, -0.2) is 0 Å². The Morgan fingerprint density at radius 3 is 2.06 bits per heavy atom. The average molecular weight is 477 g/mol. The fourth-order valence-electron chi connectivity index (χ4n) is 4.35. The number of phenols is 3. The third-order valence-corrected chi connectivity index (χ3v) is 6.56. The normalized spacial score (nSPS) is 12.0. The molecule has 5 heteroatoms. The van der Waals surface area contributed by atoms with Crippen molar-refractivity contribution in [2.75, 3.05) is 26.2 Å². The maximum Gasteiger partial charge on any atom is 0.160 e. The molecule has 0 aliphatic heterocycles. The molecule has 0 aliphatic rings. The lowest BCUT2D eigenvalue weighted by Crippen LogP contribution is -2.23. The molecular weight excluding hydrogens is 436 g/mol. The van der Waals surface area contributed by atoms with Gasteiger partial charge >= 0.3 is 0 Å². The Labute approximate surface area is 209 Å². The van der Waals surface area contributed by atoms with E-state index in [0.717, 1.165) is 62.1 Å². The predicted molar refractivity (Wildman–Crippen MR) is 143 cm³/mol. The molecule has 0 amide bonds. The lowest BCUT2D eigenvalue weighted by molar-refractivity contribution is 0.398. The first-order valence-electron chi connectivity index (χ1n) is 12.8. The van der Waals surface area contributed by atoms with Gasteiger partial charge in [0.1, 0.15) is 5.75 Å². The number of aryl methyl sites for hydroxylation is 1. The quantitative estimate of drug-likeness (QED) is 0.158. The van der Waals surface area contributed by atoms with Crippen LogP contribution in [0.3, 0.4) is 0 Å². The van der Waals surface area contributed by atoms with E-state index in [2.05, 4.69) is 47.9 Å². The highest BCUT2D eigenvalue weighted by molar-refractivity contribution is 5.49. The Bertz CT molecular complexity index is 1020. The van der Waals surface area contributed by atoms with Gasteiger partial charge in [-0.15, -0.1) is 0 Å². The zero-order valence-electron chi connectivity index (χ0n) is 20.8. The summed E-state index contributed by atoms with van der Waals surface area (Å²) in [6.07, 6.45) is 5.45. The SMILES string of the molecule is CC(CCNCCc1ccccc1)CCNCCc1ccc(O)c(O)c1CCc1cccc(O)c1. The molecule has 0 aliphatic carbocycles. The van der Waals surface area contributed by atoms with Crippen LogP contribution in [0, 0.1) is 5.92 Å². The molecule has 0 saturated heterocycles. The van der Waals surface area contributed by atoms with Crippen molar-refractivity contribution in [2.45, 2.75) is 45.4 Å². The van der Waals surface area contributed by atoms with Crippen molar-refractivity contribution in [3.63, 3.8) is 0 Å². The maximum absolute atomic E-state index is 10.4. The van der Waals surface area contributed by atoms with Gasteiger partial charge in [0.25, 0.3) is 0 Å². The van der Waals surface area contributed by atoms with E-state index in [-0.39, 0.29) is 17.2 Å². The highest BCUT2D eigenvalue weighted by Gasteiger charge is 2.13. The lowest BCUT2D eigenvalue weighted by atomic mass is 9.96. The fourth-order valence-corrected chi connectivity index (χ4v) is 4.35. The van der Waals surface area contributed by atoms with E-state index in [9.17, 15) is 15.3 Å². The van der Waals surface area contributed by atoms with E-state index in [1.54, 1.807) is 18.2 Å². The maximum atomic E-state index is 10.4. The predicted octanol–water partition coefficient (Wildman–Crippen LogP) is 4.97. The highest BCUT2D eigenvalue weighted by Crippen LogP contribution is 2.32. The summed E-state index contributed by atoms with van der Waals surface area (Å²) in [6.45, 7) is 6.16. The second kappa shape index (κ2) is 14.4. The summed E-state index contributed by atoms with van der Waals surface area (Å²) < 4.78 is 0. The highest BCUT2D eigenvalue weighted by atomic mass is 16.3. The van der Waals surface area contributed by atoms with E-state index in [1.165, 1.54) is 12.0 Å². The summed E-state index contributed by atoms with van der Waals surface area (Å²) in [7, 11) is 0. The van der Waals surface area contributed by atoms with Crippen molar-refractivity contribution in [3.05, 3.63) is 89.0 Å². The molecule has 3 aromatic rings. The van der Waals surface area contributed by atoms with Crippen LogP contribution in [0.25, 0.3) is 0 Å². The van der Waals surface area contributed by atoms with E-state index >= 15 is 0 Å². The molecule has 0 heterocycles. The fraction of sp³-hybridized carbons (Fsp3) is 0.400. The van der Waals surface area contributed by atoms with Gasteiger partial charge in [0.15, 0.2) is 11.5 Å². The molecule has 0 saturated carbocycles. The van der Waals surface area contributed by atoms with Crippen LogP contribution in [0.1, 0.15) is 42.0 Å². The number of benzene rings is 3. The molecule has 3 aromatic carbocycles. The molecule has 3 rings (SSSR count). The van der Waals surface area contributed by atoms with E-state index in [0.29, 0.717) is 18.8 Å². The third kappa shape index (κ3) is 9.27. The van der Waals surface area contributed by atoms with Crippen LogP contribution in [-0.4, -0.2) is 41.5 Å². The Morgan fingerprint density at radius 1 is 0.657 bits per heavy atom.